The average Bonchev–Trinajstić information content (AvgIpc) is 3.15. The van der Waals surface area contributed by atoms with Crippen LogP contribution in [0.25, 0.3) is 0 Å². The number of carbonyl (C=O) groups excluding carboxylic acids is 1. The molecule has 3 rings (SSSR count). The van der Waals surface area contributed by atoms with Gasteiger partial charge in [-0.3, -0.25) is 9.59 Å². The Kier molecular flexibility index (Phi) is 3.69. The lowest BCUT2D eigenvalue weighted by Crippen LogP contribution is -2.50. The second-order valence-electron chi connectivity index (χ2n) is 6.06. The van der Waals surface area contributed by atoms with Crippen molar-refractivity contribution in [2.45, 2.75) is 44.3 Å². The molecule has 3 fully saturated rings. The normalized spacial score (nSPS) is 39.1. The maximum absolute atomic E-state index is 12.8. The molecule has 2 N–H and O–H groups in total. The van der Waals surface area contributed by atoms with E-state index in [1.165, 1.54) is 0 Å². The third-order valence-corrected chi connectivity index (χ3v) is 5.01. The Labute approximate surface area is 118 Å². The molecule has 0 aromatic rings. The summed E-state index contributed by atoms with van der Waals surface area (Å²) in [6, 6.07) is 0.444. The van der Waals surface area contributed by atoms with Gasteiger partial charge in [0.05, 0.1) is 25.2 Å². The third-order valence-electron chi connectivity index (χ3n) is 5.01. The minimum absolute atomic E-state index is 0.0174. The molecule has 6 heteroatoms. The first-order valence-electron chi connectivity index (χ1n) is 7.49. The number of aliphatic carboxylic acids is 1. The molecular weight excluding hydrogens is 260 g/mol. The van der Waals surface area contributed by atoms with Crippen LogP contribution >= 0.6 is 0 Å². The first-order valence-corrected chi connectivity index (χ1v) is 7.49. The van der Waals surface area contributed by atoms with Gasteiger partial charge in [0.1, 0.15) is 5.92 Å². The largest absolute Gasteiger partial charge is 0.481 e. The standard InChI is InChI=1S/C14H22N2O4/c1-2-16(12-7-20-6-10(12)14(18)19)13(17)9-5-8-3-4-11(9)15-8/h8-12,15H,2-7H2,1H3,(H,18,19). The highest BCUT2D eigenvalue weighted by Gasteiger charge is 2.47. The van der Waals surface area contributed by atoms with Crippen LogP contribution in [0.15, 0.2) is 0 Å². The molecule has 3 aliphatic rings. The summed E-state index contributed by atoms with van der Waals surface area (Å²) in [6.07, 6.45) is 3.11. The van der Waals surface area contributed by atoms with E-state index in [0.717, 1.165) is 19.3 Å². The molecule has 2 bridgehead atoms. The van der Waals surface area contributed by atoms with Crippen molar-refractivity contribution in [1.82, 2.24) is 10.2 Å². The van der Waals surface area contributed by atoms with Crippen molar-refractivity contribution in [2.75, 3.05) is 19.8 Å². The van der Waals surface area contributed by atoms with Crippen molar-refractivity contribution in [2.24, 2.45) is 11.8 Å². The molecular formula is C14H22N2O4. The Morgan fingerprint density at radius 1 is 1.30 bits per heavy atom. The second kappa shape index (κ2) is 5.33. The smallest absolute Gasteiger partial charge is 0.311 e. The Morgan fingerprint density at radius 3 is 2.65 bits per heavy atom. The Morgan fingerprint density at radius 2 is 2.10 bits per heavy atom. The minimum atomic E-state index is -0.871. The van der Waals surface area contributed by atoms with Crippen LogP contribution in [0.2, 0.25) is 0 Å². The van der Waals surface area contributed by atoms with Crippen LogP contribution in [0.5, 0.6) is 0 Å². The maximum atomic E-state index is 12.8. The van der Waals surface area contributed by atoms with Gasteiger partial charge in [0.25, 0.3) is 0 Å². The summed E-state index contributed by atoms with van der Waals surface area (Å²) in [4.78, 5) is 25.8. The highest BCUT2D eigenvalue weighted by molar-refractivity contribution is 5.82. The molecule has 0 saturated carbocycles. The number of ether oxygens (including phenoxy) is 1. The van der Waals surface area contributed by atoms with Gasteiger partial charge < -0.3 is 20.1 Å². The zero-order chi connectivity index (χ0) is 14.3. The number of hydrogen-bond acceptors (Lipinski definition) is 4. The predicted molar refractivity (Wildman–Crippen MR) is 71.2 cm³/mol. The summed E-state index contributed by atoms with van der Waals surface area (Å²) >= 11 is 0. The van der Waals surface area contributed by atoms with Crippen molar-refractivity contribution < 1.29 is 19.4 Å². The molecule has 6 nitrogen and oxygen atoms in total. The summed E-state index contributed by atoms with van der Waals surface area (Å²) < 4.78 is 5.30. The zero-order valence-corrected chi connectivity index (χ0v) is 11.7. The molecule has 3 saturated heterocycles. The fourth-order valence-corrected chi connectivity index (χ4v) is 3.95. The Hall–Kier alpha value is -1.14. The summed E-state index contributed by atoms with van der Waals surface area (Å²) in [6.45, 7) is 3.00. The monoisotopic (exact) mass is 282 g/mol. The highest BCUT2D eigenvalue weighted by Crippen LogP contribution is 2.35. The molecule has 5 unspecified atom stereocenters. The molecule has 3 aliphatic heterocycles. The average molecular weight is 282 g/mol. The van der Waals surface area contributed by atoms with Crippen LogP contribution in [0.4, 0.5) is 0 Å². The first-order chi connectivity index (χ1) is 9.61. The lowest BCUT2D eigenvalue weighted by atomic mass is 9.87. The van der Waals surface area contributed by atoms with Crippen molar-refractivity contribution in [3.63, 3.8) is 0 Å². The minimum Gasteiger partial charge on any atom is -0.481 e. The van der Waals surface area contributed by atoms with Crippen LogP contribution in [-0.2, 0) is 14.3 Å². The van der Waals surface area contributed by atoms with E-state index >= 15 is 0 Å². The van der Waals surface area contributed by atoms with Crippen LogP contribution in [0.1, 0.15) is 26.2 Å². The number of nitrogens with zero attached hydrogens (tertiary/aromatic N) is 1. The van der Waals surface area contributed by atoms with Crippen molar-refractivity contribution in [3.05, 3.63) is 0 Å². The topological polar surface area (TPSA) is 78.9 Å². The van der Waals surface area contributed by atoms with E-state index in [4.69, 9.17) is 4.74 Å². The lowest BCUT2D eigenvalue weighted by Gasteiger charge is -2.33. The number of carbonyl (C=O) groups is 2. The molecule has 0 spiro atoms. The van der Waals surface area contributed by atoms with E-state index in [1.807, 2.05) is 6.92 Å². The molecule has 20 heavy (non-hydrogen) atoms. The summed E-state index contributed by atoms with van der Waals surface area (Å²) in [5, 5.41) is 12.7. The summed E-state index contributed by atoms with van der Waals surface area (Å²) in [7, 11) is 0. The summed E-state index contributed by atoms with van der Waals surface area (Å²) in [5.41, 5.74) is 0. The molecule has 1 amide bonds. The summed E-state index contributed by atoms with van der Waals surface area (Å²) in [5.74, 6) is -1.34. The van der Waals surface area contributed by atoms with Gasteiger partial charge in [-0.05, 0) is 26.2 Å². The van der Waals surface area contributed by atoms with E-state index in [-0.39, 0.29) is 30.5 Å². The van der Waals surface area contributed by atoms with Crippen LogP contribution in [0, 0.1) is 11.8 Å². The molecule has 0 radical (unpaired) electrons. The van der Waals surface area contributed by atoms with Gasteiger partial charge in [-0.2, -0.15) is 0 Å². The van der Waals surface area contributed by atoms with Gasteiger partial charge in [-0.25, -0.2) is 0 Å². The Bertz CT molecular complexity index is 414. The number of nitrogens with one attached hydrogen (secondary N) is 1. The van der Waals surface area contributed by atoms with Gasteiger partial charge >= 0.3 is 5.97 Å². The maximum Gasteiger partial charge on any atom is 0.311 e. The first kappa shape index (κ1) is 13.8. The molecule has 0 aromatic carbocycles. The quantitative estimate of drug-likeness (QED) is 0.763. The van der Waals surface area contributed by atoms with Crippen molar-refractivity contribution in [1.29, 1.82) is 0 Å². The van der Waals surface area contributed by atoms with Crippen LogP contribution in [-0.4, -0.2) is 59.8 Å². The number of amides is 1. The van der Waals surface area contributed by atoms with E-state index < -0.39 is 11.9 Å². The van der Waals surface area contributed by atoms with Crippen LogP contribution in [0.3, 0.4) is 0 Å². The van der Waals surface area contributed by atoms with E-state index in [2.05, 4.69) is 5.32 Å². The van der Waals surface area contributed by atoms with Crippen molar-refractivity contribution >= 4 is 11.9 Å². The molecule has 0 aromatic heterocycles. The predicted octanol–water partition coefficient (Wildman–Crippen LogP) is 0.0750. The number of fused-ring (bicyclic) bond motifs is 2. The second-order valence-corrected chi connectivity index (χ2v) is 6.06. The zero-order valence-electron chi connectivity index (χ0n) is 11.7. The van der Waals surface area contributed by atoms with Gasteiger partial charge in [0.2, 0.25) is 5.91 Å². The third kappa shape index (κ3) is 2.20. The molecule has 5 atom stereocenters. The fraction of sp³-hybridized carbons (Fsp3) is 0.857. The SMILES string of the molecule is CCN(C(=O)C1CC2CCC1N2)C1COCC1C(=O)O. The number of carboxylic acid groups (broad SMARTS) is 1. The van der Waals surface area contributed by atoms with Gasteiger partial charge in [0, 0.05) is 18.6 Å². The lowest BCUT2D eigenvalue weighted by molar-refractivity contribution is -0.146. The van der Waals surface area contributed by atoms with Gasteiger partial charge in [0.15, 0.2) is 0 Å². The highest BCUT2D eigenvalue weighted by atomic mass is 16.5. The van der Waals surface area contributed by atoms with Crippen molar-refractivity contribution in [3.8, 4) is 0 Å². The number of likely N-dealkylation sites (N-methyl/N-ethyl adjacent to an activating group) is 1. The Balaban J connectivity index is 1.72. The van der Waals surface area contributed by atoms with E-state index in [1.54, 1.807) is 4.90 Å². The fourth-order valence-electron chi connectivity index (χ4n) is 3.95. The van der Waals surface area contributed by atoms with E-state index in [9.17, 15) is 14.7 Å². The van der Waals surface area contributed by atoms with E-state index in [0.29, 0.717) is 19.2 Å². The number of rotatable bonds is 4. The number of carboxylic acids is 1. The molecule has 3 heterocycles. The number of hydrogen-bond donors (Lipinski definition) is 2. The molecule has 112 valence electrons. The van der Waals surface area contributed by atoms with Crippen LogP contribution < -0.4 is 5.32 Å². The van der Waals surface area contributed by atoms with Gasteiger partial charge in [-0.15, -0.1) is 0 Å². The molecule has 0 aliphatic carbocycles. The van der Waals surface area contributed by atoms with Gasteiger partial charge in [-0.1, -0.05) is 0 Å².